The second kappa shape index (κ2) is 8.64. The summed E-state index contributed by atoms with van der Waals surface area (Å²) in [5.41, 5.74) is 0.702. The van der Waals surface area contributed by atoms with Gasteiger partial charge in [-0.2, -0.15) is 0 Å². The van der Waals surface area contributed by atoms with Crippen LogP contribution in [0, 0.1) is 0 Å². The van der Waals surface area contributed by atoms with Crippen LogP contribution in [0.25, 0.3) is 0 Å². The predicted octanol–water partition coefficient (Wildman–Crippen LogP) is 2.17. The van der Waals surface area contributed by atoms with E-state index >= 15 is 0 Å². The summed E-state index contributed by atoms with van der Waals surface area (Å²) in [7, 11) is 0. The summed E-state index contributed by atoms with van der Waals surface area (Å²) in [6.45, 7) is 6.11. The Bertz CT molecular complexity index is 476. The molecule has 1 rings (SSSR count). The van der Waals surface area contributed by atoms with Crippen molar-refractivity contribution in [1.29, 1.82) is 0 Å². The van der Waals surface area contributed by atoms with Gasteiger partial charge in [0, 0.05) is 29.7 Å². The molecule has 0 aliphatic rings. The van der Waals surface area contributed by atoms with Crippen LogP contribution in [0.3, 0.4) is 0 Å². The zero-order valence-corrected chi connectivity index (χ0v) is 13.3. The highest BCUT2D eigenvalue weighted by atomic mass is 35.5. The average molecular weight is 312 g/mol. The van der Waals surface area contributed by atoms with Crippen LogP contribution in [-0.4, -0.2) is 30.4 Å². The highest BCUT2D eigenvalue weighted by Gasteiger charge is 2.16. The smallest absolute Gasteiger partial charge is 0.236 e. The first-order valence-electron chi connectivity index (χ1n) is 7.01. The van der Waals surface area contributed by atoms with E-state index in [0.717, 1.165) is 0 Å². The first kappa shape index (κ1) is 17.5. The van der Waals surface area contributed by atoms with Crippen LogP contribution in [0.5, 0.6) is 0 Å². The van der Waals surface area contributed by atoms with Crippen LogP contribution in [0.1, 0.15) is 27.2 Å². The van der Waals surface area contributed by atoms with Crippen LogP contribution >= 0.6 is 11.6 Å². The van der Waals surface area contributed by atoms with Crippen molar-refractivity contribution in [2.75, 3.05) is 11.9 Å². The number of benzene rings is 1. The Labute approximate surface area is 130 Å². The Morgan fingerprint density at radius 3 is 2.38 bits per heavy atom. The molecule has 1 aromatic rings. The minimum atomic E-state index is -0.330. The number of amides is 2. The molecule has 0 fully saturated rings. The minimum Gasteiger partial charge on any atom is -0.355 e. The molecule has 116 valence electrons. The van der Waals surface area contributed by atoms with Gasteiger partial charge in [0.15, 0.2) is 0 Å². The van der Waals surface area contributed by atoms with Gasteiger partial charge in [0.1, 0.15) is 0 Å². The molecule has 0 spiro atoms. The highest BCUT2D eigenvalue weighted by molar-refractivity contribution is 6.30. The molecule has 2 atom stereocenters. The monoisotopic (exact) mass is 311 g/mol. The molecule has 0 radical (unpaired) electrons. The number of hydrogen-bond donors (Lipinski definition) is 3. The maximum absolute atomic E-state index is 11.9. The molecule has 0 saturated carbocycles. The minimum absolute atomic E-state index is 0.0672. The van der Waals surface area contributed by atoms with Gasteiger partial charge in [0.25, 0.3) is 0 Å². The molecule has 0 bridgehead atoms. The van der Waals surface area contributed by atoms with Crippen LogP contribution in [0.15, 0.2) is 24.3 Å². The first-order chi connectivity index (χ1) is 9.92. The van der Waals surface area contributed by atoms with Crippen LogP contribution < -0.4 is 16.0 Å². The molecule has 3 N–H and O–H groups in total. The SMILES string of the molecule is CCNC(=O)[C@@H](C)N[C@@H](C)CC(=O)Nc1ccc(Cl)cc1. The van der Waals surface area contributed by atoms with Gasteiger partial charge in [0.05, 0.1) is 6.04 Å². The second-order valence-electron chi connectivity index (χ2n) is 4.94. The summed E-state index contributed by atoms with van der Waals surface area (Å²) in [4.78, 5) is 23.5. The summed E-state index contributed by atoms with van der Waals surface area (Å²) < 4.78 is 0. The van der Waals surface area contributed by atoms with Gasteiger partial charge in [-0.05, 0) is 45.0 Å². The van der Waals surface area contributed by atoms with Gasteiger partial charge in [-0.3, -0.25) is 9.59 Å². The quantitative estimate of drug-likeness (QED) is 0.723. The summed E-state index contributed by atoms with van der Waals surface area (Å²) in [5, 5.41) is 9.24. The van der Waals surface area contributed by atoms with Crippen molar-refractivity contribution in [3.63, 3.8) is 0 Å². The predicted molar refractivity (Wildman–Crippen MR) is 85.4 cm³/mol. The summed E-state index contributed by atoms with van der Waals surface area (Å²) in [6.07, 6.45) is 0.284. The number of carbonyl (C=O) groups excluding carboxylic acids is 2. The standard InChI is InChI=1S/C15H22ClN3O2/c1-4-17-15(21)11(3)18-10(2)9-14(20)19-13-7-5-12(16)6-8-13/h5-8,10-11,18H,4,9H2,1-3H3,(H,17,21)(H,19,20)/t10-,11+/m0/s1. The van der Waals surface area contributed by atoms with Crippen molar-refractivity contribution in [2.45, 2.75) is 39.3 Å². The van der Waals surface area contributed by atoms with Crippen molar-refractivity contribution < 1.29 is 9.59 Å². The molecule has 5 nitrogen and oxygen atoms in total. The summed E-state index contributed by atoms with van der Waals surface area (Å²) in [6, 6.07) is 6.50. The van der Waals surface area contributed by atoms with E-state index < -0.39 is 0 Å². The van der Waals surface area contributed by atoms with E-state index in [4.69, 9.17) is 11.6 Å². The van der Waals surface area contributed by atoms with E-state index in [-0.39, 0.29) is 30.3 Å². The Kier molecular flexibility index (Phi) is 7.19. The number of nitrogens with one attached hydrogen (secondary N) is 3. The summed E-state index contributed by atoms with van der Waals surface area (Å²) in [5.74, 6) is -0.178. The fourth-order valence-corrected chi connectivity index (χ4v) is 2.04. The topological polar surface area (TPSA) is 70.2 Å². The molecule has 6 heteroatoms. The normalized spacial score (nSPS) is 13.3. The van der Waals surface area contributed by atoms with E-state index in [1.165, 1.54) is 0 Å². The zero-order chi connectivity index (χ0) is 15.8. The molecule has 0 aliphatic heterocycles. The average Bonchev–Trinajstić information content (AvgIpc) is 2.41. The molecule has 0 saturated heterocycles. The van der Waals surface area contributed by atoms with Crippen molar-refractivity contribution >= 4 is 29.1 Å². The lowest BCUT2D eigenvalue weighted by Crippen LogP contribution is -2.46. The number of likely N-dealkylation sites (N-methyl/N-ethyl adjacent to an activating group) is 1. The zero-order valence-electron chi connectivity index (χ0n) is 12.6. The molecule has 1 aromatic carbocycles. The number of rotatable bonds is 7. The molecular weight excluding hydrogens is 290 g/mol. The van der Waals surface area contributed by atoms with E-state index in [1.54, 1.807) is 31.2 Å². The van der Waals surface area contributed by atoms with E-state index in [0.29, 0.717) is 17.3 Å². The third-order valence-electron chi connectivity index (χ3n) is 2.90. The van der Waals surface area contributed by atoms with Crippen molar-refractivity contribution in [2.24, 2.45) is 0 Å². The van der Waals surface area contributed by atoms with Crippen molar-refractivity contribution in [1.82, 2.24) is 10.6 Å². The molecule has 0 heterocycles. The maximum Gasteiger partial charge on any atom is 0.236 e. The van der Waals surface area contributed by atoms with Gasteiger partial charge >= 0.3 is 0 Å². The molecule has 2 amide bonds. The number of carbonyl (C=O) groups is 2. The van der Waals surface area contributed by atoms with E-state index in [9.17, 15) is 9.59 Å². The van der Waals surface area contributed by atoms with Crippen molar-refractivity contribution in [3.05, 3.63) is 29.3 Å². The number of anilines is 1. The van der Waals surface area contributed by atoms with Crippen LogP contribution in [0.2, 0.25) is 5.02 Å². The molecule has 0 aromatic heterocycles. The van der Waals surface area contributed by atoms with Crippen molar-refractivity contribution in [3.8, 4) is 0 Å². The maximum atomic E-state index is 11.9. The Morgan fingerprint density at radius 1 is 1.19 bits per heavy atom. The van der Waals surface area contributed by atoms with Crippen LogP contribution in [0.4, 0.5) is 5.69 Å². The van der Waals surface area contributed by atoms with Gasteiger partial charge < -0.3 is 16.0 Å². The largest absolute Gasteiger partial charge is 0.355 e. The molecule has 21 heavy (non-hydrogen) atoms. The van der Waals surface area contributed by atoms with E-state index in [1.807, 2.05) is 13.8 Å². The van der Waals surface area contributed by atoms with Gasteiger partial charge in [-0.1, -0.05) is 11.6 Å². The van der Waals surface area contributed by atoms with Gasteiger partial charge in [-0.15, -0.1) is 0 Å². The first-order valence-corrected chi connectivity index (χ1v) is 7.39. The summed E-state index contributed by atoms with van der Waals surface area (Å²) >= 11 is 5.78. The third kappa shape index (κ3) is 6.60. The molecular formula is C15H22ClN3O2. The lowest BCUT2D eigenvalue weighted by Gasteiger charge is -2.19. The lowest BCUT2D eigenvalue weighted by atomic mass is 10.2. The fraction of sp³-hybridized carbons (Fsp3) is 0.467. The lowest BCUT2D eigenvalue weighted by molar-refractivity contribution is -0.123. The Balaban J connectivity index is 2.40. The highest BCUT2D eigenvalue weighted by Crippen LogP contribution is 2.13. The second-order valence-corrected chi connectivity index (χ2v) is 5.38. The third-order valence-corrected chi connectivity index (χ3v) is 3.15. The number of hydrogen-bond acceptors (Lipinski definition) is 3. The Morgan fingerprint density at radius 2 is 1.81 bits per heavy atom. The van der Waals surface area contributed by atoms with Gasteiger partial charge in [0.2, 0.25) is 11.8 Å². The molecule has 0 aliphatic carbocycles. The van der Waals surface area contributed by atoms with Crippen LogP contribution in [-0.2, 0) is 9.59 Å². The fourth-order valence-electron chi connectivity index (χ4n) is 1.91. The Hall–Kier alpha value is -1.59. The molecule has 0 unspecified atom stereocenters. The van der Waals surface area contributed by atoms with E-state index in [2.05, 4.69) is 16.0 Å². The van der Waals surface area contributed by atoms with Gasteiger partial charge in [-0.25, -0.2) is 0 Å². The number of halogens is 1.